The van der Waals surface area contributed by atoms with E-state index in [0.717, 1.165) is 29.6 Å². The lowest BCUT2D eigenvalue weighted by molar-refractivity contribution is 0.601. The molecule has 0 unspecified atom stereocenters. The Kier molecular flexibility index (Phi) is 2.55. The Morgan fingerprint density at radius 1 is 1.28 bits per heavy atom. The molecule has 0 atom stereocenters. The quantitative estimate of drug-likeness (QED) is 0.716. The number of hydrogen-bond acceptors (Lipinski definition) is 4. The Morgan fingerprint density at radius 2 is 2.11 bits per heavy atom. The van der Waals surface area contributed by atoms with Crippen LogP contribution in [-0.4, -0.2) is 19.8 Å². The van der Waals surface area contributed by atoms with Crippen molar-refractivity contribution in [2.75, 3.05) is 0 Å². The molecule has 0 fully saturated rings. The number of rotatable bonds is 2. The molecule has 4 nitrogen and oxygen atoms in total. The van der Waals surface area contributed by atoms with E-state index in [-0.39, 0.29) is 11.4 Å². The lowest BCUT2D eigenvalue weighted by Crippen LogP contribution is -1.95. The van der Waals surface area contributed by atoms with E-state index in [1.807, 2.05) is 6.92 Å². The Bertz CT molecular complexity index is 719. The Balaban J connectivity index is 2.24. The van der Waals surface area contributed by atoms with Crippen molar-refractivity contribution in [3.63, 3.8) is 0 Å². The number of hydrogen-bond donors (Lipinski definition) is 0. The molecule has 0 saturated heterocycles. The van der Waals surface area contributed by atoms with Crippen molar-refractivity contribution in [2.24, 2.45) is 0 Å². The van der Waals surface area contributed by atoms with Crippen molar-refractivity contribution in [1.29, 1.82) is 0 Å². The molecule has 2 heterocycles. The Labute approximate surface area is 105 Å². The van der Waals surface area contributed by atoms with Gasteiger partial charge in [0.15, 0.2) is 5.82 Å². The first-order valence-corrected chi connectivity index (χ1v) is 6.17. The number of halogens is 2. The third-order valence-corrected chi connectivity index (χ3v) is 3.55. The minimum atomic E-state index is -0.545. The van der Waals surface area contributed by atoms with Gasteiger partial charge in [0.1, 0.15) is 16.6 Å². The minimum absolute atomic E-state index is 0.0652. The van der Waals surface area contributed by atoms with Gasteiger partial charge in [-0.15, -0.1) is 10.2 Å². The van der Waals surface area contributed by atoms with Gasteiger partial charge in [-0.05, 0) is 24.6 Å². The average Bonchev–Trinajstić information content (AvgIpc) is 2.91. The number of fused-ring (bicyclic) bond motifs is 1. The second kappa shape index (κ2) is 4.09. The topological polar surface area (TPSA) is 43.1 Å². The predicted octanol–water partition coefficient (Wildman–Crippen LogP) is 2.69. The standard InChI is InChI=1S/C11H8F2N4S/c1-2-9-16-17-10(14-15-11(17)18-9)7-5-6(12)3-4-8(7)13/h3-5H,2H2,1H3. The molecule has 7 heteroatoms. The number of aryl methyl sites for hydroxylation is 1. The highest BCUT2D eigenvalue weighted by molar-refractivity contribution is 7.16. The zero-order valence-corrected chi connectivity index (χ0v) is 10.2. The van der Waals surface area contributed by atoms with Gasteiger partial charge in [0, 0.05) is 0 Å². The van der Waals surface area contributed by atoms with Crippen LogP contribution in [0.2, 0.25) is 0 Å². The molecule has 0 amide bonds. The van der Waals surface area contributed by atoms with Crippen LogP contribution in [0.25, 0.3) is 16.3 Å². The summed E-state index contributed by atoms with van der Waals surface area (Å²) in [5.41, 5.74) is 0.0652. The van der Waals surface area contributed by atoms with Crippen LogP contribution in [0.15, 0.2) is 18.2 Å². The largest absolute Gasteiger partial charge is 0.234 e. The first-order chi connectivity index (χ1) is 8.69. The molecule has 92 valence electrons. The van der Waals surface area contributed by atoms with E-state index in [4.69, 9.17) is 0 Å². The van der Waals surface area contributed by atoms with E-state index in [1.165, 1.54) is 15.9 Å². The van der Waals surface area contributed by atoms with Gasteiger partial charge in [-0.1, -0.05) is 18.3 Å². The second-order valence-corrected chi connectivity index (χ2v) is 4.73. The van der Waals surface area contributed by atoms with Crippen LogP contribution in [0, 0.1) is 11.6 Å². The van der Waals surface area contributed by atoms with Gasteiger partial charge in [0.2, 0.25) is 4.96 Å². The molecule has 3 aromatic rings. The van der Waals surface area contributed by atoms with Crippen LogP contribution < -0.4 is 0 Å². The molecule has 2 aromatic heterocycles. The third kappa shape index (κ3) is 1.67. The zero-order chi connectivity index (χ0) is 12.7. The van der Waals surface area contributed by atoms with Gasteiger partial charge in [-0.25, -0.2) is 8.78 Å². The third-order valence-electron chi connectivity index (χ3n) is 2.50. The molecule has 1 aromatic carbocycles. The highest BCUT2D eigenvalue weighted by atomic mass is 32.1. The summed E-state index contributed by atoms with van der Waals surface area (Å²) in [5, 5.41) is 12.9. The van der Waals surface area contributed by atoms with Gasteiger partial charge >= 0.3 is 0 Å². The summed E-state index contributed by atoms with van der Waals surface area (Å²) in [5.74, 6) is -0.844. The molecule has 0 bridgehead atoms. The molecule has 0 spiro atoms. The summed E-state index contributed by atoms with van der Waals surface area (Å²) in [6, 6.07) is 3.23. The molecular weight excluding hydrogens is 258 g/mol. The van der Waals surface area contributed by atoms with Crippen LogP contribution in [0.4, 0.5) is 8.78 Å². The summed E-state index contributed by atoms with van der Waals surface area (Å²) >= 11 is 1.38. The normalized spacial score (nSPS) is 11.3. The Hall–Kier alpha value is -1.89. The van der Waals surface area contributed by atoms with Crippen molar-refractivity contribution < 1.29 is 8.78 Å². The molecular formula is C11H8F2N4S. The first kappa shape index (κ1) is 11.2. The lowest BCUT2D eigenvalue weighted by atomic mass is 10.2. The van der Waals surface area contributed by atoms with Gasteiger partial charge < -0.3 is 0 Å². The average molecular weight is 266 g/mol. The van der Waals surface area contributed by atoms with Crippen LogP contribution in [0.5, 0.6) is 0 Å². The van der Waals surface area contributed by atoms with E-state index in [9.17, 15) is 8.78 Å². The molecule has 3 rings (SSSR count). The minimum Gasteiger partial charge on any atom is -0.207 e. The van der Waals surface area contributed by atoms with Crippen molar-refractivity contribution in [3.05, 3.63) is 34.8 Å². The van der Waals surface area contributed by atoms with E-state index in [2.05, 4.69) is 15.3 Å². The van der Waals surface area contributed by atoms with E-state index in [0.29, 0.717) is 4.96 Å². The molecule has 0 radical (unpaired) electrons. The van der Waals surface area contributed by atoms with Gasteiger partial charge in [0.25, 0.3) is 0 Å². The fourth-order valence-corrected chi connectivity index (χ4v) is 2.41. The van der Waals surface area contributed by atoms with Crippen LogP contribution in [0.1, 0.15) is 11.9 Å². The number of benzene rings is 1. The van der Waals surface area contributed by atoms with Crippen molar-refractivity contribution in [1.82, 2.24) is 19.8 Å². The van der Waals surface area contributed by atoms with Crippen LogP contribution in [0.3, 0.4) is 0 Å². The highest BCUT2D eigenvalue weighted by Crippen LogP contribution is 2.24. The predicted molar refractivity (Wildman–Crippen MR) is 63.4 cm³/mol. The number of aromatic nitrogens is 4. The van der Waals surface area contributed by atoms with Gasteiger partial charge in [0.05, 0.1) is 5.56 Å². The summed E-state index contributed by atoms with van der Waals surface area (Å²) in [6.07, 6.45) is 0.763. The monoisotopic (exact) mass is 266 g/mol. The maximum atomic E-state index is 13.7. The van der Waals surface area contributed by atoms with Gasteiger partial charge in [-0.2, -0.15) is 9.61 Å². The summed E-state index contributed by atoms with van der Waals surface area (Å²) < 4.78 is 28.3. The van der Waals surface area contributed by atoms with Crippen molar-refractivity contribution >= 4 is 16.3 Å². The molecule has 0 aliphatic rings. The van der Waals surface area contributed by atoms with Gasteiger partial charge in [-0.3, -0.25) is 0 Å². The molecule has 18 heavy (non-hydrogen) atoms. The summed E-state index contributed by atoms with van der Waals surface area (Å²) in [7, 11) is 0. The molecule has 0 aliphatic heterocycles. The first-order valence-electron chi connectivity index (χ1n) is 5.35. The van der Waals surface area contributed by atoms with Crippen molar-refractivity contribution in [3.8, 4) is 11.4 Å². The van der Waals surface area contributed by atoms with E-state index in [1.54, 1.807) is 0 Å². The zero-order valence-electron chi connectivity index (χ0n) is 9.39. The summed E-state index contributed by atoms with van der Waals surface area (Å²) in [4.78, 5) is 0.575. The summed E-state index contributed by atoms with van der Waals surface area (Å²) in [6.45, 7) is 1.97. The van der Waals surface area contributed by atoms with Crippen LogP contribution in [-0.2, 0) is 6.42 Å². The highest BCUT2D eigenvalue weighted by Gasteiger charge is 2.16. The van der Waals surface area contributed by atoms with E-state index >= 15 is 0 Å². The number of nitrogens with zero attached hydrogens (tertiary/aromatic N) is 4. The Morgan fingerprint density at radius 3 is 2.89 bits per heavy atom. The SMILES string of the molecule is CCc1nn2c(-c3cc(F)ccc3F)nnc2s1. The van der Waals surface area contributed by atoms with E-state index < -0.39 is 11.6 Å². The van der Waals surface area contributed by atoms with Crippen molar-refractivity contribution in [2.45, 2.75) is 13.3 Å². The lowest BCUT2D eigenvalue weighted by Gasteiger charge is -1.99. The second-order valence-electron chi connectivity index (χ2n) is 3.69. The smallest absolute Gasteiger partial charge is 0.207 e. The molecule has 0 aliphatic carbocycles. The molecule has 0 N–H and O–H groups in total. The maximum Gasteiger partial charge on any atom is 0.234 e. The van der Waals surface area contributed by atoms with Crippen LogP contribution >= 0.6 is 11.3 Å². The fourth-order valence-electron chi connectivity index (χ4n) is 1.64. The maximum absolute atomic E-state index is 13.7. The molecule has 0 saturated carbocycles. The fraction of sp³-hybridized carbons (Fsp3) is 0.182.